The summed E-state index contributed by atoms with van der Waals surface area (Å²) >= 11 is 9.23. The third kappa shape index (κ3) is 3.26. The molecule has 1 atom stereocenters. The standard InChI is InChI=1S/C9H10BrCl/c1-7(10)6-8-2-4-9(11)5-3-8/h2-5,7H,6H2,1H3. The summed E-state index contributed by atoms with van der Waals surface area (Å²) in [7, 11) is 0. The molecule has 0 saturated heterocycles. The van der Waals surface area contributed by atoms with E-state index in [4.69, 9.17) is 11.6 Å². The van der Waals surface area contributed by atoms with Crippen LogP contribution >= 0.6 is 27.5 Å². The molecule has 0 fully saturated rings. The zero-order chi connectivity index (χ0) is 8.27. The first-order valence-electron chi connectivity index (χ1n) is 3.57. The van der Waals surface area contributed by atoms with Gasteiger partial charge in [0.1, 0.15) is 0 Å². The Bertz CT molecular complexity index is 216. The summed E-state index contributed by atoms with van der Waals surface area (Å²) in [6.07, 6.45) is 1.05. The van der Waals surface area contributed by atoms with Crippen LogP contribution in [0.1, 0.15) is 12.5 Å². The van der Waals surface area contributed by atoms with Crippen LogP contribution < -0.4 is 0 Å². The van der Waals surface area contributed by atoms with Crippen LogP contribution in [0.2, 0.25) is 5.02 Å². The van der Waals surface area contributed by atoms with Gasteiger partial charge in [-0.3, -0.25) is 0 Å². The quantitative estimate of drug-likeness (QED) is 0.684. The number of rotatable bonds is 2. The average molecular weight is 234 g/mol. The normalized spacial score (nSPS) is 13.0. The molecule has 0 aliphatic carbocycles. The maximum absolute atomic E-state index is 5.74. The van der Waals surface area contributed by atoms with E-state index in [1.165, 1.54) is 5.56 Å². The lowest BCUT2D eigenvalue weighted by Gasteiger charge is -2.02. The molecule has 11 heavy (non-hydrogen) atoms. The molecule has 1 aromatic rings. The summed E-state index contributed by atoms with van der Waals surface area (Å²) in [6.45, 7) is 2.13. The van der Waals surface area contributed by atoms with Crippen molar-refractivity contribution in [2.24, 2.45) is 0 Å². The molecule has 0 heterocycles. The topological polar surface area (TPSA) is 0 Å². The van der Waals surface area contributed by atoms with Gasteiger partial charge in [0.2, 0.25) is 0 Å². The predicted octanol–water partition coefficient (Wildman–Crippen LogP) is 3.67. The van der Waals surface area contributed by atoms with Gasteiger partial charge in [-0.2, -0.15) is 0 Å². The maximum atomic E-state index is 5.74. The van der Waals surface area contributed by atoms with Crippen molar-refractivity contribution in [3.05, 3.63) is 34.9 Å². The van der Waals surface area contributed by atoms with Gasteiger partial charge < -0.3 is 0 Å². The molecule has 60 valence electrons. The van der Waals surface area contributed by atoms with Crippen LogP contribution in [-0.2, 0) is 6.42 Å². The van der Waals surface area contributed by atoms with Crippen LogP contribution in [0.25, 0.3) is 0 Å². The second kappa shape index (κ2) is 4.13. The third-order valence-electron chi connectivity index (χ3n) is 1.43. The van der Waals surface area contributed by atoms with Crippen LogP contribution in [0.4, 0.5) is 0 Å². The Morgan fingerprint density at radius 2 is 1.91 bits per heavy atom. The lowest BCUT2D eigenvalue weighted by Crippen LogP contribution is -1.95. The molecule has 0 radical (unpaired) electrons. The number of halogens is 2. The van der Waals surface area contributed by atoms with Crippen molar-refractivity contribution in [2.75, 3.05) is 0 Å². The van der Waals surface area contributed by atoms with Crippen LogP contribution in [0, 0.1) is 0 Å². The highest BCUT2D eigenvalue weighted by Gasteiger charge is 1.97. The molecule has 0 N–H and O–H groups in total. The average Bonchev–Trinajstić information content (AvgIpc) is 1.93. The Morgan fingerprint density at radius 3 is 2.36 bits per heavy atom. The van der Waals surface area contributed by atoms with E-state index < -0.39 is 0 Å². The van der Waals surface area contributed by atoms with Crippen LogP contribution in [0.3, 0.4) is 0 Å². The first-order valence-corrected chi connectivity index (χ1v) is 4.86. The first kappa shape index (κ1) is 9.08. The fourth-order valence-electron chi connectivity index (χ4n) is 0.945. The molecule has 0 bridgehead atoms. The highest BCUT2D eigenvalue weighted by molar-refractivity contribution is 9.09. The Labute approximate surface area is 80.7 Å². The molecule has 1 unspecified atom stereocenters. The van der Waals surface area contributed by atoms with Crippen molar-refractivity contribution in [2.45, 2.75) is 18.2 Å². The SMILES string of the molecule is CC(Br)Cc1ccc(Cl)cc1. The van der Waals surface area contributed by atoms with Crippen molar-refractivity contribution in [1.29, 1.82) is 0 Å². The lowest BCUT2D eigenvalue weighted by molar-refractivity contribution is 0.960. The molecule has 2 heteroatoms. The minimum Gasteiger partial charge on any atom is -0.0890 e. The summed E-state index contributed by atoms with van der Waals surface area (Å²) in [4.78, 5) is 0.531. The summed E-state index contributed by atoms with van der Waals surface area (Å²) in [5.41, 5.74) is 1.32. The molecule has 0 spiro atoms. The van der Waals surface area contributed by atoms with E-state index in [1.54, 1.807) is 0 Å². The van der Waals surface area contributed by atoms with Gasteiger partial charge in [-0.05, 0) is 24.1 Å². The van der Waals surface area contributed by atoms with Crippen LogP contribution in [0.5, 0.6) is 0 Å². The van der Waals surface area contributed by atoms with Gasteiger partial charge in [-0.1, -0.05) is 46.6 Å². The van der Waals surface area contributed by atoms with Crippen molar-refractivity contribution in [3.63, 3.8) is 0 Å². The molecule has 0 nitrogen and oxygen atoms in total. The minimum absolute atomic E-state index is 0.531. The largest absolute Gasteiger partial charge is 0.0890 e. The van der Waals surface area contributed by atoms with Gasteiger partial charge in [0.05, 0.1) is 0 Å². The first-order chi connectivity index (χ1) is 5.18. The summed E-state index contributed by atoms with van der Waals surface area (Å²) < 4.78 is 0. The van der Waals surface area contributed by atoms with E-state index >= 15 is 0 Å². The second-order valence-electron chi connectivity index (χ2n) is 2.61. The molecule has 0 aliphatic rings. The summed E-state index contributed by atoms with van der Waals surface area (Å²) in [5.74, 6) is 0. The fraction of sp³-hybridized carbons (Fsp3) is 0.333. The summed E-state index contributed by atoms with van der Waals surface area (Å²) in [6, 6.07) is 7.96. The smallest absolute Gasteiger partial charge is 0.0406 e. The van der Waals surface area contributed by atoms with Gasteiger partial charge in [-0.25, -0.2) is 0 Å². The highest BCUT2D eigenvalue weighted by atomic mass is 79.9. The van der Waals surface area contributed by atoms with E-state index in [0.717, 1.165) is 11.4 Å². The zero-order valence-electron chi connectivity index (χ0n) is 6.35. The van der Waals surface area contributed by atoms with Gasteiger partial charge >= 0.3 is 0 Å². The maximum Gasteiger partial charge on any atom is 0.0406 e. The van der Waals surface area contributed by atoms with Crippen molar-refractivity contribution < 1.29 is 0 Å². The summed E-state index contributed by atoms with van der Waals surface area (Å²) in [5, 5.41) is 0.802. The van der Waals surface area contributed by atoms with Crippen LogP contribution in [-0.4, -0.2) is 4.83 Å². The fourth-order valence-corrected chi connectivity index (χ4v) is 1.45. The molecule has 0 saturated carbocycles. The molecular weight excluding hydrogens is 223 g/mol. The van der Waals surface area contributed by atoms with Gasteiger partial charge in [-0.15, -0.1) is 0 Å². The van der Waals surface area contributed by atoms with Gasteiger partial charge in [0, 0.05) is 9.85 Å². The van der Waals surface area contributed by atoms with E-state index in [0.29, 0.717) is 4.83 Å². The Hall–Kier alpha value is -0.0100. The minimum atomic E-state index is 0.531. The zero-order valence-corrected chi connectivity index (χ0v) is 8.69. The molecule has 0 amide bonds. The third-order valence-corrected chi connectivity index (χ3v) is 2.01. The van der Waals surface area contributed by atoms with E-state index in [9.17, 15) is 0 Å². The van der Waals surface area contributed by atoms with Crippen LogP contribution in [0.15, 0.2) is 24.3 Å². The molecule has 1 aromatic carbocycles. The van der Waals surface area contributed by atoms with E-state index in [1.807, 2.05) is 12.1 Å². The number of hydrogen-bond donors (Lipinski definition) is 0. The Kier molecular flexibility index (Phi) is 3.41. The Morgan fingerprint density at radius 1 is 1.36 bits per heavy atom. The second-order valence-corrected chi connectivity index (χ2v) is 4.61. The lowest BCUT2D eigenvalue weighted by atomic mass is 10.1. The van der Waals surface area contributed by atoms with Crippen molar-refractivity contribution in [1.82, 2.24) is 0 Å². The van der Waals surface area contributed by atoms with Crippen molar-refractivity contribution >= 4 is 27.5 Å². The number of hydrogen-bond acceptors (Lipinski definition) is 0. The molecule has 1 rings (SSSR count). The van der Waals surface area contributed by atoms with Crippen molar-refractivity contribution in [3.8, 4) is 0 Å². The van der Waals surface area contributed by atoms with E-state index in [-0.39, 0.29) is 0 Å². The van der Waals surface area contributed by atoms with Gasteiger partial charge in [0.15, 0.2) is 0 Å². The monoisotopic (exact) mass is 232 g/mol. The Balaban J connectivity index is 2.66. The number of alkyl halides is 1. The molecular formula is C9H10BrCl. The molecule has 0 aromatic heterocycles. The van der Waals surface area contributed by atoms with Gasteiger partial charge in [0.25, 0.3) is 0 Å². The predicted molar refractivity (Wildman–Crippen MR) is 53.5 cm³/mol. The van der Waals surface area contributed by atoms with E-state index in [2.05, 4.69) is 35.0 Å². The highest BCUT2D eigenvalue weighted by Crippen LogP contribution is 2.13. The molecule has 0 aliphatic heterocycles. The number of benzene rings is 1.